The molecule has 4 aromatic rings. The monoisotopic (exact) mass is 552 g/mol. The summed E-state index contributed by atoms with van der Waals surface area (Å²) in [4.78, 5) is 26.1. The molecule has 212 valence electrons. The number of hydrogen-bond acceptors (Lipinski definition) is 8. The molecule has 0 saturated heterocycles. The fourth-order valence-corrected chi connectivity index (χ4v) is 5.14. The Morgan fingerprint density at radius 2 is 1.73 bits per heavy atom. The molecule has 1 aromatic heterocycles. The number of rotatable bonds is 9. The van der Waals surface area contributed by atoms with Crippen molar-refractivity contribution in [3.05, 3.63) is 94.5 Å². The van der Waals surface area contributed by atoms with Crippen molar-refractivity contribution in [3.63, 3.8) is 0 Å². The molecule has 0 radical (unpaired) electrons. The Kier molecular flexibility index (Phi) is 8.24. The fourth-order valence-electron chi connectivity index (χ4n) is 5.14. The van der Waals surface area contributed by atoms with E-state index in [4.69, 9.17) is 15.2 Å². The average Bonchev–Trinajstić information content (AvgIpc) is 2.99. The van der Waals surface area contributed by atoms with Crippen LogP contribution in [0, 0.1) is 6.92 Å². The Hall–Kier alpha value is -4.79. The number of carbonyl (C=O) groups excluding carboxylic acids is 1. The lowest BCUT2D eigenvalue weighted by Gasteiger charge is -2.30. The summed E-state index contributed by atoms with van der Waals surface area (Å²) in [6.45, 7) is 6.60. The van der Waals surface area contributed by atoms with Gasteiger partial charge in [-0.3, -0.25) is 4.79 Å². The highest BCUT2D eigenvalue weighted by Gasteiger charge is 2.21. The van der Waals surface area contributed by atoms with E-state index in [1.54, 1.807) is 19.1 Å². The third-order valence-corrected chi connectivity index (χ3v) is 7.32. The van der Waals surface area contributed by atoms with Gasteiger partial charge in [0.15, 0.2) is 11.5 Å². The molecule has 2 heterocycles. The normalized spacial score (nSPS) is 12.4. The van der Waals surface area contributed by atoms with Crippen molar-refractivity contribution >= 4 is 29.2 Å². The van der Waals surface area contributed by atoms with Crippen LogP contribution in [0.4, 0.5) is 23.3 Å². The maximum Gasteiger partial charge on any atom is 0.258 e. The molecule has 0 saturated carbocycles. The Morgan fingerprint density at radius 3 is 2.41 bits per heavy atom. The molecule has 41 heavy (non-hydrogen) atoms. The number of fused-ring (bicyclic) bond motifs is 1. The van der Waals surface area contributed by atoms with Gasteiger partial charge in [-0.25, -0.2) is 0 Å². The predicted molar refractivity (Wildman–Crippen MR) is 163 cm³/mol. The number of nitrogens with zero attached hydrogens (tertiary/aromatic N) is 4. The number of ether oxygens (including phenoxy) is 2. The van der Waals surface area contributed by atoms with Gasteiger partial charge in [-0.15, -0.1) is 0 Å². The molecular weight excluding hydrogens is 516 g/mol. The highest BCUT2D eigenvalue weighted by atomic mass is 16.5. The Morgan fingerprint density at radius 1 is 1.00 bits per heavy atom. The number of nitrogens with two attached hydrogens (primary N) is 1. The summed E-state index contributed by atoms with van der Waals surface area (Å²) >= 11 is 0. The van der Waals surface area contributed by atoms with Crippen molar-refractivity contribution in [2.24, 2.45) is 0 Å². The highest BCUT2D eigenvalue weighted by Crippen LogP contribution is 2.34. The van der Waals surface area contributed by atoms with Gasteiger partial charge in [-0.05, 0) is 78.9 Å². The first-order chi connectivity index (χ1) is 19.9. The zero-order valence-corrected chi connectivity index (χ0v) is 24.0. The first kappa shape index (κ1) is 27.8. The molecule has 3 N–H and O–H groups in total. The SMILES string of the molecule is CCN(C(=O)c1ccc(CNc2cc(N3CCc4cc(OC)c(OC)cc4C3)nc(N)n2)cc1)c1cccc(C)c1. The topological polar surface area (TPSA) is 106 Å². The van der Waals surface area contributed by atoms with Gasteiger partial charge in [0.2, 0.25) is 5.95 Å². The van der Waals surface area contributed by atoms with E-state index >= 15 is 0 Å². The number of carbonyl (C=O) groups is 1. The minimum absolute atomic E-state index is 0.0232. The van der Waals surface area contributed by atoms with E-state index in [1.165, 1.54) is 11.1 Å². The smallest absolute Gasteiger partial charge is 0.258 e. The maximum atomic E-state index is 13.2. The molecule has 0 unspecified atom stereocenters. The molecule has 5 rings (SSSR count). The Labute approximate surface area is 240 Å². The number of nitrogens with one attached hydrogen (secondary N) is 1. The Balaban J connectivity index is 1.25. The van der Waals surface area contributed by atoms with E-state index in [0.29, 0.717) is 36.8 Å². The zero-order chi connectivity index (χ0) is 28.9. The van der Waals surface area contributed by atoms with Crippen LogP contribution in [0.2, 0.25) is 0 Å². The first-order valence-corrected chi connectivity index (χ1v) is 13.7. The molecule has 0 spiro atoms. The molecule has 0 atom stereocenters. The van der Waals surface area contributed by atoms with Crippen LogP contribution in [0.5, 0.6) is 11.5 Å². The van der Waals surface area contributed by atoms with Gasteiger partial charge in [-0.1, -0.05) is 24.3 Å². The summed E-state index contributed by atoms with van der Waals surface area (Å²) in [6, 6.07) is 21.6. The van der Waals surface area contributed by atoms with E-state index < -0.39 is 0 Å². The third-order valence-electron chi connectivity index (χ3n) is 7.32. The molecule has 1 aliphatic rings. The average molecular weight is 553 g/mol. The van der Waals surface area contributed by atoms with Gasteiger partial charge >= 0.3 is 0 Å². The molecule has 0 aliphatic carbocycles. The van der Waals surface area contributed by atoms with E-state index in [1.807, 2.05) is 80.6 Å². The van der Waals surface area contributed by atoms with Crippen molar-refractivity contribution < 1.29 is 14.3 Å². The number of aryl methyl sites for hydroxylation is 1. The van der Waals surface area contributed by atoms with E-state index in [-0.39, 0.29) is 11.9 Å². The number of anilines is 4. The van der Waals surface area contributed by atoms with Crippen LogP contribution in [0.1, 0.15) is 39.5 Å². The lowest BCUT2D eigenvalue weighted by atomic mass is 9.99. The van der Waals surface area contributed by atoms with Gasteiger partial charge in [0.25, 0.3) is 5.91 Å². The van der Waals surface area contributed by atoms with Crippen LogP contribution in [0.25, 0.3) is 0 Å². The van der Waals surface area contributed by atoms with Crippen LogP contribution in [0.15, 0.2) is 66.7 Å². The maximum absolute atomic E-state index is 13.2. The lowest BCUT2D eigenvalue weighted by molar-refractivity contribution is 0.0988. The summed E-state index contributed by atoms with van der Waals surface area (Å²) in [5.41, 5.74) is 12.2. The van der Waals surface area contributed by atoms with E-state index in [9.17, 15) is 4.79 Å². The quantitative estimate of drug-likeness (QED) is 0.291. The van der Waals surface area contributed by atoms with Crippen LogP contribution in [-0.2, 0) is 19.5 Å². The number of hydrogen-bond donors (Lipinski definition) is 2. The molecule has 9 nitrogen and oxygen atoms in total. The fraction of sp³-hybridized carbons (Fsp3) is 0.281. The van der Waals surface area contributed by atoms with Crippen molar-refractivity contribution in [1.82, 2.24) is 9.97 Å². The van der Waals surface area contributed by atoms with Crippen molar-refractivity contribution in [1.29, 1.82) is 0 Å². The minimum Gasteiger partial charge on any atom is -0.493 e. The Bertz CT molecular complexity index is 1540. The highest BCUT2D eigenvalue weighted by molar-refractivity contribution is 6.06. The third kappa shape index (κ3) is 6.19. The lowest BCUT2D eigenvalue weighted by Crippen LogP contribution is -2.31. The van der Waals surface area contributed by atoms with Gasteiger partial charge in [0.05, 0.1) is 14.2 Å². The van der Waals surface area contributed by atoms with Crippen molar-refractivity contribution in [3.8, 4) is 11.5 Å². The second-order valence-corrected chi connectivity index (χ2v) is 10.1. The summed E-state index contributed by atoms with van der Waals surface area (Å²) < 4.78 is 11.0. The second-order valence-electron chi connectivity index (χ2n) is 10.1. The summed E-state index contributed by atoms with van der Waals surface area (Å²) in [5.74, 6) is 3.04. The van der Waals surface area contributed by atoms with Crippen LogP contribution in [0.3, 0.4) is 0 Å². The van der Waals surface area contributed by atoms with Gasteiger partial charge < -0.3 is 30.3 Å². The molecule has 3 aromatic carbocycles. The molecule has 9 heteroatoms. The predicted octanol–water partition coefficient (Wildman–Crippen LogP) is 5.23. The number of nitrogen functional groups attached to an aromatic ring is 1. The van der Waals surface area contributed by atoms with Gasteiger partial charge in [0, 0.05) is 43.5 Å². The number of benzene rings is 3. The molecule has 1 amide bonds. The number of aromatic nitrogens is 2. The van der Waals surface area contributed by atoms with Crippen LogP contribution < -0.4 is 30.3 Å². The van der Waals surface area contributed by atoms with Crippen LogP contribution >= 0.6 is 0 Å². The van der Waals surface area contributed by atoms with Crippen molar-refractivity contribution in [2.75, 3.05) is 48.2 Å². The number of methoxy groups -OCH3 is 2. The van der Waals surface area contributed by atoms with E-state index in [0.717, 1.165) is 41.3 Å². The minimum atomic E-state index is -0.0232. The molecule has 0 fully saturated rings. The summed E-state index contributed by atoms with van der Waals surface area (Å²) in [7, 11) is 3.29. The zero-order valence-electron chi connectivity index (χ0n) is 24.0. The van der Waals surface area contributed by atoms with Crippen molar-refractivity contribution in [2.45, 2.75) is 33.4 Å². The van der Waals surface area contributed by atoms with Gasteiger partial charge in [-0.2, -0.15) is 9.97 Å². The van der Waals surface area contributed by atoms with E-state index in [2.05, 4.69) is 20.2 Å². The summed E-state index contributed by atoms with van der Waals surface area (Å²) in [5, 5.41) is 3.36. The molecule has 0 bridgehead atoms. The van der Waals surface area contributed by atoms with Crippen LogP contribution in [-0.4, -0.2) is 43.2 Å². The summed E-state index contributed by atoms with van der Waals surface area (Å²) in [6.07, 6.45) is 0.854. The largest absolute Gasteiger partial charge is 0.493 e. The van der Waals surface area contributed by atoms with Gasteiger partial charge in [0.1, 0.15) is 11.6 Å². The standard InChI is InChI=1S/C32H36N6O3/c1-5-38(26-8-6-7-21(2)15-26)31(39)23-11-9-22(10-12-23)19-34-29-18-30(36-32(33)35-29)37-14-13-24-16-27(40-3)28(41-4)17-25(24)20-37/h6-12,15-18H,5,13-14,19-20H2,1-4H3,(H3,33,34,35,36). The molecule has 1 aliphatic heterocycles. The molecular formula is C32H36N6O3. The first-order valence-electron chi connectivity index (χ1n) is 13.7. The number of amides is 1. The second kappa shape index (κ2) is 12.2.